The van der Waals surface area contributed by atoms with Crippen molar-refractivity contribution in [2.24, 2.45) is 5.92 Å². The van der Waals surface area contributed by atoms with E-state index in [0.717, 1.165) is 29.7 Å². The molecule has 0 saturated heterocycles. The number of pyridine rings is 1. The Morgan fingerprint density at radius 3 is 2.53 bits per heavy atom. The van der Waals surface area contributed by atoms with E-state index in [1.165, 1.54) is 0 Å². The lowest BCUT2D eigenvalue weighted by molar-refractivity contribution is -0.119. The van der Waals surface area contributed by atoms with Gasteiger partial charge in [0.2, 0.25) is 5.91 Å². The van der Waals surface area contributed by atoms with Crippen LogP contribution in [0, 0.1) is 5.92 Å². The largest absolute Gasteiger partial charge is 0.489 e. The van der Waals surface area contributed by atoms with Gasteiger partial charge >= 0.3 is 0 Å². The first-order valence-electron chi connectivity index (χ1n) is 10.8. The molecule has 1 aliphatic carbocycles. The molecule has 1 heterocycles. The summed E-state index contributed by atoms with van der Waals surface area (Å²) in [6.07, 6.45) is 5.36. The van der Waals surface area contributed by atoms with Crippen LogP contribution in [0.2, 0.25) is 0 Å². The Balaban J connectivity index is 1.39. The molecule has 1 saturated carbocycles. The number of nitrogens with zero attached hydrogens (tertiary/aromatic N) is 2. The minimum absolute atomic E-state index is 0.0696. The number of aromatic nitrogens is 1. The van der Waals surface area contributed by atoms with Crippen molar-refractivity contribution in [3.63, 3.8) is 0 Å². The lowest BCUT2D eigenvalue weighted by Gasteiger charge is -2.22. The summed E-state index contributed by atoms with van der Waals surface area (Å²) in [7, 11) is 1.74. The van der Waals surface area contributed by atoms with Crippen LogP contribution in [0.3, 0.4) is 0 Å². The lowest BCUT2D eigenvalue weighted by Crippen LogP contribution is -2.32. The SMILES string of the molecule is CC(NC(=O)c1ccccc1N(C)C(=O)C1CC1)c1ccc(OCc2cccnc2)cc1. The number of hydrogen-bond acceptors (Lipinski definition) is 4. The van der Waals surface area contributed by atoms with Crippen LogP contribution in [0.15, 0.2) is 73.1 Å². The number of anilines is 1. The molecular weight excluding hydrogens is 402 g/mol. The van der Waals surface area contributed by atoms with Gasteiger partial charge in [-0.25, -0.2) is 0 Å². The Labute approximate surface area is 188 Å². The summed E-state index contributed by atoms with van der Waals surface area (Å²) < 4.78 is 5.80. The second kappa shape index (κ2) is 9.64. The summed E-state index contributed by atoms with van der Waals surface area (Å²) in [5, 5.41) is 3.04. The van der Waals surface area contributed by atoms with Crippen LogP contribution in [0.5, 0.6) is 5.75 Å². The minimum Gasteiger partial charge on any atom is -0.489 e. The van der Waals surface area contributed by atoms with Gasteiger partial charge in [0, 0.05) is 30.9 Å². The van der Waals surface area contributed by atoms with E-state index >= 15 is 0 Å². The zero-order valence-corrected chi connectivity index (χ0v) is 18.3. The quantitative estimate of drug-likeness (QED) is 0.571. The summed E-state index contributed by atoms with van der Waals surface area (Å²) >= 11 is 0. The third-order valence-corrected chi connectivity index (χ3v) is 5.62. The normalized spacial score (nSPS) is 13.8. The smallest absolute Gasteiger partial charge is 0.253 e. The number of rotatable bonds is 8. The standard InChI is InChI=1S/C26H27N3O3/c1-18(20-11-13-22(14-12-20)32-17-19-6-5-15-27-16-19)28-25(30)23-7-3-4-8-24(23)29(2)26(31)21-9-10-21/h3-8,11-16,18,21H,9-10,17H2,1-2H3,(H,28,30). The number of ether oxygens (including phenoxy) is 1. The second-order valence-corrected chi connectivity index (χ2v) is 8.10. The van der Waals surface area contributed by atoms with Crippen LogP contribution in [0.1, 0.15) is 47.3 Å². The first kappa shape index (κ1) is 21.6. The maximum atomic E-state index is 13.0. The van der Waals surface area contributed by atoms with E-state index in [9.17, 15) is 9.59 Å². The average Bonchev–Trinajstić information content (AvgIpc) is 3.68. The molecule has 1 fully saturated rings. The van der Waals surface area contributed by atoms with Gasteiger partial charge in [-0.1, -0.05) is 30.3 Å². The third kappa shape index (κ3) is 5.14. The number of carbonyl (C=O) groups excluding carboxylic acids is 2. The van der Waals surface area contributed by atoms with Crippen molar-refractivity contribution in [3.8, 4) is 5.75 Å². The van der Waals surface area contributed by atoms with Crippen molar-refractivity contribution in [3.05, 3.63) is 89.7 Å². The third-order valence-electron chi connectivity index (χ3n) is 5.62. The van der Waals surface area contributed by atoms with Crippen molar-refractivity contribution >= 4 is 17.5 Å². The van der Waals surface area contributed by atoms with E-state index in [-0.39, 0.29) is 23.8 Å². The molecule has 4 rings (SSSR count). The molecular formula is C26H27N3O3. The van der Waals surface area contributed by atoms with Crippen LogP contribution in [-0.4, -0.2) is 23.8 Å². The fraction of sp³-hybridized carbons (Fsp3) is 0.269. The highest BCUT2D eigenvalue weighted by Crippen LogP contribution is 2.33. The molecule has 164 valence electrons. The van der Waals surface area contributed by atoms with Crippen molar-refractivity contribution in [2.75, 3.05) is 11.9 Å². The van der Waals surface area contributed by atoms with E-state index in [1.54, 1.807) is 30.4 Å². The molecule has 1 N–H and O–H groups in total. The molecule has 32 heavy (non-hydrogen) atoms. The van der Waals surface area contributed by atoms with Crippen molar-refractivity contribution in [2.45, 2.75) is 32.4 Å². The topological polar surface area (TPSA) is 71.5 Å². The minimum atomic E-state index is -0.208. The van der Waals surface area contributed by atoms with Crippen molar-refractivity contribution in [1.29, 1.82) is 0 Å². The highest BCUT2D eigenvalue weighted by atomic mass is 16.5. The Morgan fingerprint density at radius 1 is 1.09 bits per heavy atom. The van der Waals surface area contributed by atoms with E-state index in [4.69, 9.17) is 4.74 Å². The fourth-order valence-electron chi connectivity index (χ4n) is 3.54. The summed E-state index contributed by atoms with van der Waals surface area (Å²) in [5.74, 6) is 0.705. The molecule has 1 aliphatic rings. The van der Waals surface area contributed by atoms with E-state index in [1.807, 2.05) is 61.5 Å². The van der Waals surface area contributed by atoms with Crippen LogP contribution in [0.25, 0.3) is 0 Å². The van der Waals surface area contributed by atoms with Crippen molar-refractivity contribution in [1.82, 2.24) is 10.3 Å². The van der Waals surface area contributed by atoms with Gasteiger partial charge in [0.15, 0.2) is 0 Å². The Bertz CT molecular complexity index is 1080. The summed E-state index contributed by atoms with van der Waals surface area (Å²) in [6.45, 7) is 2.38. The molecule has 0 spiro atoms. The number of hydrogen-bond donors (Lipinski definition) is 1. The molecule has 3 aromatic rings. The van der Waals surface area contributed by atoms with Gasteiger partial charge in [0.25, 0.3) is 5.91 Å². The Morgan fingerprint density at radius 2 is 1.84 bits per heavy atom. The van der Waals surface area contributed by atoms with Crippen LogP contribution >= 0.6 is 0 Å². The first-order chi connectivity index (χ1) is 15.5. The maximum absolute atomic E-state index is 13.0. The molecule has 1 aromatic heterocycles. The van der Waals surface area contributed by atoms with Crippen LogP contribution in [0.4, 0.5) is 5.69 Å². The molecule has 1 atom stereocenters. The van der Waals surface area contributed by atoms with Crippen LogP contribution < -0.4 is 15.0 Å². The van der Waals surface area contributed by atoms with Gasteiger partial charge in [-0.05, 0) is 55.7 Å². The highest BCUT2D eigenvalue weighted by Gasteiger charge is 2.33. The first-order valence-corrected chi connectivity index (χ1v) is 10.8. The highest BCUT2D eigenvalue weighted by molar-refractivity contribution is 6.05. The van der Waals surface area contributed by atoms with Crippen molar-refractivity contribution < 1.29 is 14.3 Å². The fourth-order valence-corrected chi connectivity index (χ4v) is 3.54. The Hall–Kier alpha value is -3.67. The molecule has 6 nitrogen and oxygen atoms in total. The average molecular weight is 430 g/mol. The van der Waals surface area contributed by atoms with E-state index in [2.05, 4.69) is 10.3 Å². The van der Waals surface area contributed by atoms with Gasteiger partial charge < -0.3 is 15.0 Å². The van der Waals surface area contributed by atoms with Gasteiger partial charge in [0.05, 0.1) is 17.3 Å². The second-order valence-electron chi connectivity index (χ2n) is 8.10. The number of para-hydroxylation sites is 1. The van der Waals surface area contributed by atoms with E-state index < -0.39 is 0 Å². The predicted octanol–water partition coefficient (Wildman–Crippen LogP) is 4.52. The summed E-state index contributed by atoms with van der Waals surface area (Å²) in [5.41, 5.74) is 3.09. The zero-order chi connectivity index (χ0) is 22.5. The molecule has 2 aromatic carbocycles. The number of carbonyl (C=O) groups is 2. The zero-order valence-electron chi connectivity index (χ0n) is 18.3. The maximum Gasteiger partial charge on any atom is 0.253 e. The van der Waals surface area contributed by atoms with Gasteiger partial charge in [-0.2, -0.15) is 0 Å². The number of amides is 2. The predicted molar refractivity (Wildman–Crippen MR) is 123 cm³/mol. The molecule has 0 bridgehead atoms. The monoisotopic (exact) mass is 429 g/mol. The number of nitrogens with one attached hydrogen (secondary N) is 1. The number of benzene rings is 2. The Kier molecular flexibility index (Phi) is 6.50. The lowest BCUT2D eigenvalue weighted by atomic mass is 10.1. The molecule has 0 aliphatic heterocycles. The van der Waals surface area contributed by atoms with Gasteiger partial charge in [-0.3, -0.25) is 14.6 Å². The van der Waals surface area contributed by atoms with Gasteiger partial charge in [0.1, 0.15) is 12.4 Å². The van der Waals surface area contributed by atoms with Crippen LogP contribution in [-0.2, 0) is 11.4 Å². The molecule has 0 radical (unpaired) electrons. The molecule has 6 heteroatoms. The summed E-state index contributed by atoms with van der Waals surface area (Å²) in [4.78, 5) is 31.2. The molecule has 2 amide bonds. The molecule has 1 unspecified atom stereocenters. The van der Waals surface area contributed by atoms with Gasteiger partial charge in [-0.15, -0.1) is 0 Å². The summed E-state index contributed by atoms with van der Waals surface area (Å²) in [6, 6.07) is 18.5. The van der Waals surface area contributed by atoms with E-state index in [0.29, 0.717) is 17.9 Å².